The number of hydrogen-bond acceptors (Lipinski definition) is 0. The van der Waals surface area contributed by atoms with Crippen molar-refractivity contribution in [1.29, 1.82) is 0 Å². The Balaban J connectivity index is 0. The van der Waals surface area contributed by atoms with Crippen LogP contribution in [0.1, 0.15) is 2.85 Å². The molecule has 0 aromatic rings. The number of rotatable bonds is 0. The van der Waals surface area contributed by atoms with Crippen molar-refractivity contribution in [3.8, 4) is 0 Å². The van der Waals surface area contributed by atoms with Crippen LogP contribution in [-0.2, 0) is 43.4 Å². The minimum Gasteiger partial charge on any atom is -1.00 e. The first-order chi connectivity index (χ1) is 0. The fraction of sp³-hybridized carbons (Fsp3) is 0. The van der Waals surface area contributed by atoms with Gasteiger partial charge in [0.25, 0.3) is 0 Å². The molecule has 0 saturated carbocycles. The predicted molar refractivity (Wildman–Crippen MR) is 9.45 cm³/mol. The molecular weight excluding hydrogens is 142 g/mol. The average Bonchev–Trinajstić information content (AvgIpc) is 0. The first kappa shape index (κ1) is 75.2. The van der Waals surface area contributed by atoms with Gasteiger partial charge in [-0.25, -0.2) is 0 Å². The Morgan fingerprint density at radius 2 is 0.667 bits per heavy atom. The van der Waals surface area contributed by atoms with Gasteiger partial charge in [0.1, 0.15) is 0 Å². The zero-order valence-electron chi connectivity index (χ0n) is 6.00. The van der Waals surface area contributed by atoms with Crippen LogP contribution in [0, 0.1) is 0 Å². The average molecular weight is 148 g/mol. The van der Waals surface area contributed by atoms with Crippen molar-refractivity contribution in [3.63, 3.8) is 0 Å². The first-order valence-electron chi connectivity index (χ1n) is 0. The second kappa shape index (κ2) is 49.9. The summed E-state index contributed by atoms with van der Waals surface area (Å²) in [6.45, 7) is 0. The van der Waals surface area contributed by atoms with Crippen LogP contribution in [-0.4, -0.2) is 11.0 Å². The van der Waals surface area contributed by atoms with Gasteiger partial charge in [-0.3, -0.25) is 0 Å². The molecule has 0 spiro atoms. The summed E-state index contributed by atoms with van der Waals surface area (Å²) in [7, 11) is 0. The largest absolute Gasteiger partial charge is 1.00 e. The van der Waals surface area contributed by atoms with Crippen molar-refractivity contribution >= 4 is 0 Å². The summed E-state index contributed by atoms with van der Waals surface area (Å²) in [6.07, 6.45) is 0. The van der Waals surface area contributed by atoms with Gasteiger partial charge in [0.05, 0.1) is 0 Å². The van der Waals surface area contributed by atoms with Crippen LogP contribution in [0.15, 0.2) is 0 Å². The van der Waals surface area contributed by atoms with Crippen LogP contribution in [0.4, 0.5) is 0 Å². The third-order valence-corrected chi connectivity index (χ3v) is 0. The summed E-state index contributed by atoms with van der Waals surface area (Å²) in [5.41, 5.74) is 0. The van der Waals surface area contributed by atoms with Crippen LogP contribution in [0.25, 0.3) is 0 Å². The fourth-order valence-electron chi connectivity index (χ4n) is 0. The Morgan fingerprint density at radius 3 is 0.667 bits per heavy atom. The maximum absolute atomic E-state index is 0. The molecule has 2 nitrogen and oxygen atoms in total. The molecule has 28 valence electrons. The molecular formula is H6Li2O2Ti2. The second-order valence-electron chi connectivity index (χ2n) is 0. The van der Waals surface area contributed by atoms with Crippen molar-refractivity contribution in [3.05, 3.63) is 0 Å². The monoisotopic (exact) mass is 148 g/mol. The summed E-state index contributed by atoms with van der Waals surface area (Å²) in [4.78, 5) is 0. The van der Waals surface area contributed by atoms with Crippen LogP contribution >= 0.6 is 0 Å². The van der Waals surface area contributed by atoms with E-state index in [0.29, 0.717) is 0 Å². The second-order valence-corrected chi connectivity index (χ2v) is 0. The molecule has 0 saturated heterocycles. The van der Waals surface area contributed by atoms with Gasteiger partial charge in [-0.05, 0) is 0 Å². The van der Waals surface area contributed by atoms with Crippen molar-refractivity contribution in [2.45, 2.75) is 0 Å². The first-order valence-corrected chi connectivity index (χ1v) is 0. The van der Waals surface area contributed by atoms with Gasteiger partial charge in [0, 0.05) is 43.4 Å². The van der Waals surface area contributed by atoms with Gasteiger partial charge in [-0.2, -0.15) is 0 Å². The molecule has 0 radical (unpaired) electrons. The van der Waals surface area contributed by atoms with E-state index in [2.05, 4.69) is 0 Å². The van der Waals surface area contributed by atoms with E-state index in [9.17, 15) is 0 Å². The van der Waals surface area contributed by atoms with Gasteiger partial charge in [-0.1, -0.05) is 0 Å². The minimum absolute atomic E-state index is 0. The van der Waals surface area contributed by atoms with Crippen molar-refractivity contribution in [2.75, 3.05) is 0 Å². The van der Waals surface area contributed by atoms with E-state index in [1.54, 1.807) is 0 Å². The fourth-order valence-corrected chi connectivity index (χ4v) is 0. The Bertz CT molecular complexity index is 16.0. The van der Waals surface area contributed by atoms with Gasteiger partial charge in [-0.15, -0.1) is 0 Å². The van der Waals surface area contributed by atoms with Gasteiger partial charge in [0.15, 0.2) is 0 Å². The zero-order chi connectivity index (χ0) is 0. The molecule has 0 unspecified atom stereocenters. The van der Waals surface area contributed by atoms with E-state index in [0.717, 1.165) is 0 Å². The molecule has 0 amide bonds. The summed E-state index contributed by atoms with van der Waals surface area (Å²) in [5.74, 6) is 0. The normalized spacial score (nSPS) is 0. The van der Waals surface area contributed by atoms with E-state index >= 15 is 0 Å². The van der Waals surface area contributed by atoms with Crippen LogP contribution in [0.2, 0.25) is 0 Å². The maximum Gasteiger partial charge on any atom is 1.00 e. The molecule has 6 heavy (non-hydrogen) atoms. The molecule has 0 aliphatic rings. The van der Waals surface area contributed by atoms with E-state index < -0.39 is 0 Å². The summed E-state index contributed by atoms with van der Waals surface area (Å²) < 4.78 is 0. The van der Waals surface area contributed by atoms with Crippen molar-refractivity contribution in [1.82, 2.24) is 0 Å². The molecule has 4 N–H and O–H groups in total. The molecule has 0 aromatic carbocycles. The molecule has 0 rings (SSSR count). The summed E-state index contributed by atoms with van der Waals surface area (Å²) in [5, 5.41) is 0. The van der Waals surface area contributed by atoms with Crippen LogP contribution < -0.4 is 37.7 Å². The van der Waals surface area contributed by atoms with Crippen molar-refractivity contribution in [2.24, 2.45) is 0 Å². The molecule has 0 aromatic heterocycles. The summed E-state index contributed by atoms with van der Waals surface area (Å²) in [6, 6.07) is 0. The van der Waals surface area contributed by atoms with E-state index in [1.165, 1.54) is 0 Å². The van der Waals surface area contributed by atoms with Gasteiger partial charge >= 0.3 is 37.7 Å². The zero-order valence-corrected chi connectivity index (χ0v) is 7.12. The number of hydrogen-bond donors (Lipinski definition) is 0. The Labute approximate surface area is 93.9 Å². The van der Waals surface area contributed by atoms with E-state index in [-0.39, 0.29) is 95.0 Å². The minimum atomic E-state index is 0. The molecule has 0 aliphatic heterocycles. The smallest absolute Gasteiger partial charge is 1.00 e. The molecule has 6 heteroatoms. The van der Waals surface area contributed by atoms with Gasteiger partial charge in [0.2, 0.25) is 0 Å². The maximum atomic E-state index is 0. The van der Waals surface area contributed by atoms with Gasteiger partial charge < -0.3 is 13.8 Å². The third-order valence-electron chi connectivity index (χ3n) is 0. The predicted octanol–water partition coefficient (Wildman–Crippen LogP) is -7.42. The summed E-state index contributed by atoms with van der Waals surface area (Å²) >= 11 is 0. The van der Waals surface area contributed by atoms with Crippen molar-refractivity contribution < 1.29 is 95.0 Å². The topological polar surface area (TPSA) is 63.0 Å². The molecule has 0 bridgehead atoms. The Hall–Kier alpha value is 2.54. The Kier molecular flexibility index (Phi) is 625. The van der Waals surface area contributed by atoms with Crippen LogP contribution in [0.5, 0.6) is 0 Å². The quantitative estimate of drug-likeness (QED) is 0.306. The van der Waals surface area contributed by atoms with Crippen LogP contribution in [0.3, 0.4) is 0 Å². The standard InChI is InChI=1S/2Li.2H2O.2Ti.2H/h;;2*1H2;;;;/q2*+1;;;;;2*-1. The molecule has 0 fully saturated rings. The molecule has 0 atom stereocenters. The Morgan fingerprint density at radius 1 is 0.667 bits per heavy atom. The molecule has 0 heterocycles. The SMILES string of the molecule is O.O.[H-].[H-].[Li+].[Li+].[Ti].[Ti]. The van der Waals surface area contributed by atoms with E-state index in [1.807, 2.05) is 0 Å². The third kappa shape index (κ3) is 31.1. The van der Waals surface area contributed by atoms with E-state index in [4.69, 9.17) is 0 Å². The molecule has 0 aliphatic carbocycles.